The normalized spacial score (nSPS) is 11.8. The van der Waals surface area contributed by atoms with Gasteiger partial charge in [0.05, 0.1) is 16.9 Å². The number of hydrogen-bond donors (Lipinski definition) is 1. The van der Waals surface area contributed by atoms with Gasteiger partial charge < -0.3 is 5.84 Å². The van der Waals surface area contributed by atoms with Crippen molar-refractivity contribution in [1.29, 1.82) is 0 Å². The summed E-state index contributed by atoms with van der Waals surface area (Å²) in [4.78, 5) is 8.78. The zero-order valence-electron chi connectivity index (χ0n) is 11.2. The first-order chi connectivity index (χ1) is 10.3. The van der Waals surface area contributed by atoms with Crippen molar-refractivity contribution in [2.75, 3.05) is 0 Å². The number of hydrogen-bond acceptors (Lipinski definition) is 4. The summed E-state index contributed by atoms with van der Waals surface area (Å²) in [5.41, 5.74) is 3.61. The molecule has 4 nitrogen and oxygen atoms in total. The van der Waals surface area contributed by atoms with Crippen LogP contribution in [0.2, 0.25) is 0 Å². The number of aromatic nitrogens is 2. The van der Waals surface area contributed by atoms with Gasteiger partial charge in [0.15, 0.2) is 0 Å². The molecule has 2 N–H and O–H groups in total. The summed E-state index contributed by atoms with van der Waals surface area (Å²) >= 11 is 3.37. The highest BCUT2D eigenvalue weighted by atomic mass is 79.9. The summed E-state index contributed by atoms with van der Waals surface area (Å²) in [6, 6.07) is 15.7. The lowest BCUT2D eigenvalue weighted by molar-refractivity contribution is 1.15. The van der Waals surface area contributed by atoms with Crippen molar-refractivity contribution in [3.05, 3.63) is 70.6 Å². The third kappa shape index (κ3) is 2.92. The lowest BCUT2D eigenvalue weighted by Gasteiger charge is -2.08. The molecule has 0 unspecified atom stereocenters. The van der Waals surface area contributed by atoms with Gasteiger partial charge >= 0.3 is 0 Å². The third-order valence-corrected chi connectivity index (χ3v) is 3.71. The molecule has 2 heterocycles. The summed E-state index contributed by atoms with van der Waals surface area (Å²) in [5, 5.41) is 5.02. The minimum atomic E-state index is 0.614. The van der Waals surface area contributed by atoms with E-state index in [2.05, 4.69) is 37.1 Å². The Morgan fingerprint density at radius 3 is 2.76 bits per heavy atom. The van der Waals surface area contributed by atoms with Crippen molar-refractivity contribution >= 4 is 32.5 Å². The Kier molecular flexibility index (Phi) is 3.92. The van der Waals surface area contributed by atoms with Crippen molar-refractivity contribution < 1.29 is 0 Å². The molecule has 21 heavy (non-hydrogen) atoms. The fourth-order valence-electron chi connectivity index (χ4n) is 2.26. The summed E-state index contributed by atoms with van der Waals surface area (Å²) < 4.78 is 0.765. The molecular formula is C16H13BrN4. The number of benzene rings is 1. The fraction of sp³-hybridized carbons (Fsp3) is 0.0625. The first kappa shape index (κ1) is 13.7. The Morgan fingerprint density at radius 2 is 1.95 bits per heavy atom. The predicted molar refractivity (Wildman–Crippen MR) is 88.1 cm³/mol. The topological polar surface area (TPSA) is 64.2 Å². The van der Waals surface area contributed by atoms with E-state index in [9.17, 15) is 0 Å². The molecule has 0 atom stereocenters. The van der Waals surface area contributed by atoms with E-state index >= 15 is 0 Å². The van der Waals surface area contributed by atoms with Crippen LogP contribution in [0.15, 0.2) is 64.4 Å². The molecule has 0 aliphatic rings. The molecule has 0 aliphatic heterocycles. The average molecular weight is 341 g/mol. The summed E-state index contributed by atoms with van der Waals surface area (Å²) in [7, 11) is 0. The van der Waals surface area contributed by atoms with Crippen LogP contribution in [0.3, 0.4) is 0 Å². The van der Waals surface area contributed by atoms with E-state index in [1.54, 1.807) is 6.20 Å². The summed E-state index contributed by atoms with van der Waals surface area (Å²) in [5.74, 6) is 5.56. The third-order valence-electron chi connectivity index (χ3n) is 3.26. The van der Waals surface area contributed by atoms with Gasteiger partial charge in [-0.3, -0.25) is 4.98 Å². The van der Waals surface area contributed by atoms with Crippen molar-refractivity contribution in [2.45, 2.75) is 6.42 Å². The number of halogens is 1. The number of rotatable bonds is 3. The van der Waals surface area contributed by atoms with E-state index in [4.69, 9.17) is 5.84 Å². The SMILES string of the molecule is N/N=C(/Cc1ccnc2ccccc12)c1cccc(Br)n1. The average Bonchev–Trinajstić information content (AvgIpc) is 2.52. The molecule has 0 aliphatic carbocycles. The molecule has 1 aromatic carbocycles. The van der Waals surface area contributed by atoms with Crippen molar-refractivity contribution in [3.63, 3.8) is 0 Å². The van der Waals surface area contributed by atoms with Crippen LogP contribution in [0.4, 0.5) is 0 Å². The van der Waals surface area contributed by atoms with Crippen LogP contribution in [0.1, 0.15) is 11.3 Å². The Bertz CT molecular complexity index is 809. The minimum Gasteiger partial charge on any atom is -0.323 e. The van der Waals surface area contributed by atoms with Gasteiger partial charge in [0.2, 0.25) is 0 Å². The van der Waals surface area contributed by atoms with Crippen LogP contribution in [-0.4, -0.2) is 15.7 Å². The molecule has 0 saturated carbocycles. The maximum Gasteiger partial charge on any atom is 0.106 e. The molecule has 0 amide bonds. The maximum atomic E-state index is 5.56. The highest BCUT2D eigenvalue weighted by molar-refractivity contribution is 9.10. The smallest absolute Gasteiger partial charge is 0.106 e. The second-order valence-corrected chi connectivity index (χ2v) is 5.40. The Hall–Kier alpha value is -2.27. The lowest BCUT2D eigenvalue weighted by Crippen LogP contribution is -2.10. The fourth-order valence-corrected chi connectivity index (χ4v) is 2.60. The zero-order chi connectivity index (χ0) is 14.7. The predicted octanol–water partition coefficient (Wildman–Crippen LogP) is 3.30. The van der Waals surface area contributed by atoms with Crippen molar-refractivity contribution in [2.24, 2.45) is 10.9 Å². The monoisotopic (exact) mass is 340 g/mol. The number of fused-ring (bicyclic) bond motifs is 1. The molecule has 2 aromatic heterocycles. The van der Waals surface area contributed by atoms with E-state index in [0.29, 0.717) is 6.42 Å². The molecule has 104 valence electrons. The molecular weight excluding hydrogens is 328 g/mol. The van der Waals surface area contributed by atoms with Crippen LogP contribution in [0, 0.1) is 0 Å². The van der Waals surface area contributed by atoms with E-state index in [1.165, 1.54) is 0 Å². The van der Waals surface area contributed by atoms with Gasteiger partial charge in [0.1, 0.15) is 4.60 Å². The molecule has 5 heteroatoms. The van der Waals surface area contributed by atoms with Gasteiger partial charge in [-0.25, -0.2) is 4.98 Å². The number of para-hydroxylation sites is 1. The van der Waals surface area contributed by atoms with Gasteiger partial charge in [-0.2, -0.15) is 5.10 Å². The maximum absolute atomic E-state index is 5.56. The molecule has 0 bridgehead atoms. The standard InChI is InChI=1S/C16H13BrN4/c17-16-7-3-6-14(20-16)15(21-18)10-11-8-9-19-13-5-2-1-4-12(11)13/h1-9H,10,18H2/b21-15-. The van der Waals surface area contributed by atoms with Crippen LogP contribution >= 0.6 is 15.9 Å². The molecule has 0 saturated heterocycles. The van der Waals surface area contributed by atoms with Crippen LogP contribution < -0.4 is 5.84 Å². The number of hydrazone groups is 1. The zero-order valence-corrected chi connectivity index (χ0v) is 12.8. The number of pyridine rings is 2. The largest absolute Gasteiger partial charge is 0.323 e. The van der Waals surface area contributed by atoms with Crippen molar-refractivity contribution in [3.8, 4) is 0 Å². The van der Waals surface area contributed by atoms with Crippen molar-refractivity contribution in [1.82, 2.24) is 9.97 Å². The van der Waals surface area contributed by atoms with Gasteiger partial charge in [0, 0.05) is 18.0 Å². The summed E-state index contributed by atoms with van der Waals surface area (Å²) in [6.45, 7) is 0. The second-order valence-electron chi connectivity index (χ2n) is 4.59. The van der Waals surface area contributed by atoms with E-state index in [1.807, 2.05) is 42.5 Å². The molecule has 0 radical (unpaired) electrons. The first-order valence-electron chi connectivity index (χ1n) is 6.50. The number of nitrogens with zero attached hydrogens (tertiary/aromatic N) is 3. The summed E-state index contributed by atoms with van der Waals surface area (Å²) in [6.07, 6.45) is 2.42. The molecule has 0 spiro atoms. The quantitative estimate of drug-likeness (QED) is 0.344. The highest BCUT2D eigenvalue weighted by Gasteiger charge is 2.09. The van der Waals surface area contributed by atoms with Crippen LogP contribution in [-0.2, 0) is 6.42 Å². The minimum absolute atomic E-state index is 0.614. The van der Waals surface area contributed by atoms with E-state index in [-0.39, 0.29) is 0 Å². The van der Waals surface area contributed by atoms with Crippen LogP contribution in [0.25, 0.3) is 10.9 Å². The van der Waals surface area contributed by atoms with Gasteiger partial charge in [-0.15, -0.1) is 0 Å². The molecule has 3 aromatic rings. The van der Waals surface area contributed by atoms with E-state index < -0.39 is 0 Å². The molecule has 0 fully saturated rings. The lowest BCUT2D eigenvalue weighted by atomic mass is 10.0. The van der Waals surface area contributed by atoms with Crippen LogP contribution in [0.5, 0.6) is 0 Å². The van der Waals surface area contributed by atoms with Gasteiger partial charge in [-0.05, 0) is 45.8 Å². The van der Waals surface area contributed by atoms with Gasteiger partial charge in [-0.1, -0.05) is 24.3 Å². The number of nitrogens with two attached hydrogens (primary N) is 1. The highest BCUT2D eigenvalue weighted by Crippen LogP contribution is 2.18. The Morgan fingerprint density at radius 1 is 1.10 bits per heavy atom. The van der Waals surface area contributed by atoms with E-state index in [0.717, 1.165) is 32.5 Å². The first-order valence-corrected chi connectivity index (χ1v) is 7.29. The van der Waals surface area contributed by atoms with Gasteiger partial charge in [0.25, 0.3) is 0 Å². The Balaban J connectivity index is 2.01. The Labute approximate surface area is 130 Å². The second kappa shape index (κ2) is 6.01. The molecule has 3 rings (SSSR count).